The number of rotatable bonds is 6. The van der Waals surface area contributed by atoms with Gasteiger partial charge >= 0.3 is 0 Å². The van der Waals surface area contributed by atoms with Gasteiger partial charge in [-0.15, -0.1) is 0 Å². The summed E-state index contributed by atoms with van der Waals surface area (Å²) in [4.78, 5) is 10.5. The second kappa shape index (κ2) is 5.82. The Morgan fingerprint density at radius 3 is 2.71 bits per heavy atom. The molecule has 0 bridgehead atoms. The Morgan fingerprint density at radius 1 is 1.41 bits per heavy atom. The Labute approximate surface area is 103 Å². The van der Waals surface area contributed by atoms with Gasteiger partial charge in [-0.2, -0.15) is 0 Å². The van der Waals surface area contributed by atoms with Gasteiger partial charge < -0.3 is 16.0 Å². The Bertz CT molecular complexity index is 345. The standard InChI is InChI=1S/C12H23N5/c1-5-17(4)11-8-10(15-9-16-11)14-7-6-12(2,3)13/h8-9H,5-7,13H2,1-4H3,(H,14,15,16). The number of hydrogen-bond acceptors (Lipinski definition) is 5. The van der Waals surface area contributed by atoms with Gasteiger partial charge in [0.2, 0.25) is 0 Å². The molecule has 3 N–H and O–H groups in total. The van der Waals surface area contributed by atoms with E-state index >= 15 is 0 Å². The van der Waals surface area contributed by atoms with E-state index in [1.807, 2.05) is 27.0 Å². The van der Waals surface area contributed by atoms with E-state index in [1.165, 1.54) is 0 Å². The third-order valence-electron chi connectivity index (χ3n) is 2.59. The summed E-state index contributed by atoms with van der Waals surface area (Å²) in [5.41, 5.74) is 5.77. The second-order valence-corrected chi connectivity index (χ2v) is 4.94. The van der Waals surface area contributed by atoms with E-state index in [0.717, 1.165) is 31.1 Å². The van der Waals surface area contributed by atoms with Gasteiger partial charge in [0.15, 0.2) is 0 Å². The molecule has 0 amide bonds. The zero-order valence-corrected chi connectivity index (χ0v) is 11.2. The molecule has 0 radical (unpaired) electrons. The Balaban J connectivity index is 2.54. The first-order valence-electron chi connectivity index (χ1n) is 5.98. The van der Waals surface area contributed by atoms with Crippen molar-refractivity contribution in [3.05, 3.63) is 12.4 Å². The molecule has 0 aromatic carbocycles. The van der Waals surface area contributed by atoms with E-state index in [9.17, 15) is 0 Å². The largest absolute Gasteiger partial charge is 0.370 e. The van der Waals surface area contributed by atoms with Crippen molar-refractivity contribution in [2.45, 2.75) is 32.7 Å². The number of hydrogen-bond donors (Lipinski definition) is 2. The van der Waals surface area contributed by atoms with E-state index in [-0.39, 0.29) is 5.54 Å². The van der Waals surface area contributed by atoms with Crippen molar-refractivity contribution in [3.63, 3.8) is 0 Å². The van der Waals surface area contributed by atoms with Crippen LogP contribution in [-0.2, 0) is 0 Å². The molecule has 0 saturated carbocycles. The predicted molar refractivity (Wildman–Crippen MR) is 72.3 cm³/mol. The minimum absolute atomic E-state index is 0.150. The van der Waals surface area contributed by atoms with Crippen LogP contribution in [0.15, 0.2) is 12.4 Å². The maximum Gasteiger partial charge on any atom is 0.133 e. The lowest BCUT2D eigenvalue weighted by molar-refractivity contribution is 0.490. The van der Waals surface area contributed by atoms with Crippen LogP contribution in [0.1, 0.15) is 27.2 Å². The van der Waals surface area contributed by atoms with Crippen molar-refractivity contribution in [2.75, 3.05) is 30.4 Å². The summed E-state index contributed by atoms with van der Waals surface area (Å²) in [6.07, 6.45) is 2.48. The highest BCUT2D eigenvalue weighted by molar-refractivity contribution is 5.47. The molecule has 0 spiro atoms. The fourth-order valence-corrected chi connectivity index (χ4v) is 1.33. The average Bonchev–Trinajstić information content (AvgIpc) is 2.27. The number of anilines is 2. The molecule has 0 aliphatic rings. The molecule has 0 saturated heterocycles. The van der Waals surface area contributed by atoms with Crippen molar-refractivity contribution in [1.29, 1.82) is 0 Å². The van der Waals surface area contributed by atoms with Crippen LogP contribution in [0.5, 0.6) is 0 Å². The minimum Gasteiger partial charge on any atom is -0.370 e. The maximum absolute atomic E-state index is 5.92. The van der Waals surface area contributed by atoms with E-state index < -0.39 is 0 Å². The van der Waals surface area contributed by atoms with Crippen LogP contribution in [-0.4, -0.2) is 35.6 Å². The van der Waals surface area contributed by atoms with Gasteiger partial charge in [-0.05, 0) is 27.2 Å². The summed E-state index contributed by atoms with van der Waals surface area (Å²) in [6, 6.07) is 1.95. The third kappa shape index (κ3) is 4.99. The van der Waals surface area contributed by atoms with Crippen LogP contribution in [0.25, 0.3) is 0 Å². The SMILES string of the molecule is CCN(C)c1cc(NCCC(C)(C)N)ncn1. The Morgan fingerprint density at radius 2 is 2.12 bits per heavy atom. The highest BCUT2D eigenvalue weighted by Gasteiger charge is 2.09. The van der Waals surface area contributed by atoms with Gasteiger partial charge in [0.05, 0.1) is 0 Å². The van der Waals surface area contributed by atoms with Crippen molar-refractivity contribution < 1.29 is 0 Å². The number of nitrogens with zero attached hydrogens (tertiary/aromatic N) is 3. The molecular weight excluding hydrogens is 214 g/mol. The lowest BCUT2D eigenvalue weighted by atomic mass is 10.0. The maximum atomic E-state index is 5.92. The monoisotopic (exact) mass is 237 g/mol. The molecular formula is C12H23N5. The summed E-state index contributed by atoms with van der Waals surface area (Å²) in [7, 11) is 2.01. The van der Waals surface area contributed by atoms with Crippen LogP contribution in [0.4, 0.5) is 11.6 Å². The average molecular weight is 237 g/mol. The second-order valence-electron chi connectivity index (χ2n) is 4.94. The van der Waals surface area contributed by atoms with Crippen LogP contribution < -0.4 is 16.0 Å². The zero-order valence-electron chi connectivity index (χ0n) is 11.2. The van der Waals surface area contributed by atoms with Crippen LogP contribution in [0.2, 0.25) is 0 Å². The normalized spacial score (nSPS) is 11.4. The minimum atomic E-state index is -0.150. The van der Waals surface area contributed by atoms with Gasteiger partial charge in [-0.1, -0.05) is 0 Å². The Hall–Kier alpha value is -1.36. The fraction of sp³-hybridized carbons (Fsp3) is 0.667. The molecule has 96 valence electrons. The van der Waals surface area contributed by atoms with Gasteiger partial charge in [0.25, 0.3) is 0 Å². The highest BCUT2D eigenvalue weighted by atomic mass is 15.2. The number of nitrogens with two attached hydrogens (primary N) is 1. The molecule has 1 aromatic rings. The molecule has 1 rings (SSSR count). The molecule has 5 nitrogen and oxygen atoms in total. The molecule has 0 fully saturated rings. The van der Waals surface area contributed by atoms with E-state index in [2.05, 4.69) is 27.1 Å². The third-order valence-corrected chi connectivity index (χ3v) is 2.59. The van der Waals surface area contributed by atoms with E-state index in [4.69, 9.17) is 5.73 Å². The zero-order chi connectivity index (χ0) is 12.9. The molecule has 1 aromatic heterocycles. The summed E-state index contributed by atoms with van der Waals surface area (Å²) in [5.74, 6) is 1.77. The summed E-state index contributed by atoms with van der Waals surface area (Å²) in [6.45, 7) is 7.87. The summed E-state index contributed by atoms with van der Waals surface area (Å²) < 4.78 is 0. The van der Waals surface area contributed by atoms with Gasteiger partial charge in [0.1, 0.15) is 18.0 Å². The summed E-state index contributed by atoms with van der Waals surface area (Å²) in [5, 5.41) is 3.26. The molecule has 0 aliphatic carbocycles. The smallest absolute Gasteiger partial charge is 0.133 e. The predicted octanol–water partition coefficient (Wildman–Crippen LogP) is 1.47. The Kier molecular flexibility index (Phi) is 4.69. The topological polar surface area (TPSA) is 67.1 Å². The number of aromatic nitrogens is 2. The molecule has 0 atom stereocenters. The van der Waals surface area contributed by atoms with Crippen molar-refractivity contribution in [2.24, 2.45) is 5.73 Å². The van der Waals surface area contributed by atoms with Crippen LogP contribution in [0.3, 0.4) is 0 Å². The molecule has 0 unspecified atom stereocenters. The molecule has 0 aliphatic heterocycles. The first-order chi connectivity index (χ1) is 7.92. The first kappa shape index (κ1) is 13.7. The highest BCUT2D eigenvalue weighted by Crippen LogP contribution is 2.12. The molecule has 1 heterocycles. The van der Waals surface area contributed by atoms with Crippen molar-refractivity contribution in [1.82, 2.24) is 9.97 Å². The van der Waals surface area contributed by atoms with E-state index in [1.54, 1.807) is 6.33 Å². The van der Waals surface area contributed by atoms with Crippen molar-refractivity contribution >= 4 is 11.6 Å². The van der Waals surface area contributed by atoms with Crippen molar-refractivity contribution in [3.8, 4) is 0 Å². The summed E-state index contributed by atoms with van der Waals surface area (Å²) >= 11 is 0. The molecule has 5 heteroatoms. The lowest BCUT2D eigenvalue weighted by Gasteiger charge is -2.19. The number of nitrogens with one attached hydrogen (secondary N) is 1. The first-order valence-corrected chi connectivity index (χ1v) is 5.98. The van der Waals surface area contributed by atoms with Crippen LogP contribution >= 0.6 is 0 Å². The fourth-order valence-electron chi connectivity index (χ4n) is 1.33. The van der Waals surface area contributed by atoms with Gasteiger partial charge in [0, 0.05) is 31.7 Å². The van der Waals surface area contributed by atoms with Crippen LogP contribution in [0, 0.1) is 0 Å². The van der Waals surface area contributed by atoms with Gasteiger partial charge in [-0.3, -0.25) is 0 Å². The lowest BCUT2D eigenvalue weighted by Crippen LogP contribution is -2.34. The molecule has 17 heavy (non-hydrogen) atoms. The quantitative estimate of drug-likeness (QED) is 0.784. The van der Waals surface area contributed by atoms with E-state index in [0.29, 0.717) is 0 Å². The van der Waals surface area contributed by atoms with Gasteiger partial charge in [-0.25, -0.2) is 9.97 Å².